The van der Waals surface area contributed by atoms with Crippen molar-refractivity contribution in [3.05, 3.63) is 77.5 Å². The number of sulfone groups is 1. The second-order valence-electron chi connectivity index (χ2n) is 8.68. The van der Waals surface area contributed by atoms with Gasteiger partial charge < -0.3 is 5.32 Å². The van der Waals surface area contributed by atoms with Gasteiger partial charge in [-0.25, -0.2) is 13.4 Å². The van der Waals surface area contributed by atoms with Crippen molar-refractivity contribution in [2.75, 3.05) is 0 Å². The molecule has 0 saturated heterocycles. The van der Waals surface area contributed by atoms with Gasteiger partial charge in [0.25, 0.3) is 0 Å². The maximum atomic E-state index is 13.7. The summed E-state index contributed by atoms with van der Waals surface area (Å²) >= 11 is 1.29. The number of amides is 1. The van der Waals surface area contributed by atoms with Crippen LogP contribution in [0.3, 0.4) is 0 Å². The van der Waals surface area contributed by atoms with Gasteiger partial charge in [-0.3, -0.25) is 4.79 Å². The van der Waals surface area contributed by atoms with Gasteiger partial charge in [0.1, 0.15) is 5.03 Å². The minimum absolute atomic E-state index is 0.0705. The zero-order chi connectivity index (χ0) is 24.8. The van der Waals surface area contributed by atoms with Crippen molar-refractivity contribution >= 4 is 27.5 Å². The number of fused-ring (bicyclic) bond motifs is 1. The zero-order valence-electron chi connectivity index (χ0n) is 18.4. The molecule has 2 aliphatic carbocycles. The van der Waals surface area contributed by atoms with E-state index in [-0.39, 0.29) is 16.2 Å². The van der Waals surface area contributed by atoms with Crippen LogP contribution in [0.15, 0.2) is 80.5 Å². The SMILES string of the molecule is O=C(NC1CCc2cc(S(=O)(=O)c3ccc(C4CC4)cc3Sc3ccccn3)ccc21)C(F)(F)F. The van der Waals surface area contributed by atoms with Crippen molar-refractivity contribution in [1.29, 1.82) is 0 Å². The molecule has 10 heteroatoms. The van der Waals surface area contributed by atoms with E-state index in [0.717, 1.165) is 18.4 Å². The van der Waals surface area contributed by atoms with E-state index in [9.17, 15) is 26.4 Å². The number of alkyl halides is 3. The maximum Gasteiger partial charge on any atom is 0.471 e. The largest absolute Gasteiger partial charge is 0.471 e. The third kappa shape index (κ3) is 4.95. The summed E-state index contributed by atoms with van der Waals surface area (Å²) in [5, 5.41) is 2.68. The quantitative estimate of drug-likeness (QED) is 0.459. The van der Waals surface area contributed by atoms with Gasteiger partial charge in [-0.1, -0.05) is 30.0 Å². The summed E-state index contributed by atoms with van der Waals surface area (Å²) in [6.07, 6.45) is -0.515. The first-order valence-corrected chi connectivity index (χ1v) is 13.4. The monoisotopic (exact) mass is 518 g/mol. The molecule has 1 aromatic heterocycles. The van der Waals surface area contributed by atoms with Gasteiger partial charge in [0, 0.05) is 11.1 Å². The van der Waals surface area contributed by atoms with Crippen molar-refractivity contribution in [3.8, 4) is 0 Å². The number of nitrogens with zero attached hydrogens (tertiary/aromatic N) is 1. The Morgan fingerprint density at radius 2 is 1.83 bits per heavy atom. The van der Waals surface area contributed by atoms with Crippen LogP contribution < -0.4 is 5.32 Å². The Morgan fingerprint density at radius 3 is 2.51 bits per heavy atom. The molecule has 1 amide bonds. The Bertz CT molecular complexity index is 1390. The number of carbonyl (C=O) groups is 1. The second kappa shape index (κ2) is 8.98. The van der Waals surface area contributed by atoms with Crippen LogP contribution in [0.2, 0.25) is 0 Å². The predicted molar refractivity (Wildman–Crippen MR) is 124 cm³/mol. The number of benzene rings is 2. The highest BCUT2D eigenvalue weighted by atomic mass is 32.2. The summed E-state index contributed by atoms with van der Waals surface area (Å²) in [5.74, 6) is -1.56. The fourth-order valence-electron chi connectivity index (χ4n) is 4.30. The molecule has 182 valence electrons. The first-order chi connectivity index (χ1) is 16.6. The standard InChI is InChI=1S/C25H21F3N2O3S2/c26-25(27,28)24(31)30-20-10-6-17-13-18(8-9-19(17)20)35(32,33)22-11-7-16(15-4-5-15)14-21(22)34-23-3-1-2-12-29-23/h1-3,7-9,11-15,20H,4-6,10H2,(H,30,31). The summed E-state index contributed by atoms with van der Waals surface area (Å²) in [7, 11) is -3.91. The minimum atomic E-state index is -4.97. The Morgan fingerprint density at radius 1 is 1.03 bits per heavy atom. The lowest BCUT2D eigenvalue weighted by molar-refractivity contribution is -0.174. The molecule has 1 saturated carbocycles. The first-order valence-electron chi connectivity index (χ1n) is 11.1. The molecular weight excluding hydrogens is 497 g/mol. The molecule has 1 heterocycles. The van der Waals surface area contributed by atoms with Gasteiger partial charge in [0.2, 0.25) is 9.84 Å². The van der Waals surface area contributed by atoms with Gasteiger partial charge in [-0.05, 0) is 84.7 Å². The molecule has 0 aliphatic heterocycles. The van der Waals surface area contributed by atoms with Gasteiger partial charge >= 0.3 is 12.1 Å². The molecule has 3 aromatic rings. The van der Waals surface area contributed by atoms with E-state index in [2.05, 4.69) is 4.98 Å². The summed E-state index contributed by atoms with van der Waals surface area (Å²) in [6, 6.07) is 14.4. The summed E-state index contributed by atoms with van der Waals surface area (Å²) < 4.78 is 65.4. The molecule has 5 nitrogen and oxygen atoms in total. The fourth-order valence-corrected chi connectivity index (χ4v) is 6.97. The Hall–Kier alpha value is -2.85. The van der Waals surface area contributed by atoms with E-state index in [0.29, 0.717) is 33.4 Å². The number of nitrogens with one attached hydrogen (secondary N) is 1. The summed E-state index contributed by atoms with van der Waals surface area (Å²) in [6.45, 7) is 0. The summed E-state index contributed by atoms with van der Waals surface area (Å²) in [5.41, 5.74) is 2.22. The maximum absolute atomic E-state index is 13.7. The van der Waals surface area contributed by atoms with Crippen LogP contribution in [0.4, 0.5) is 13.2 Å². The number of hydrogen-bond acceptors (Lipinski definition) is 5. The number of halogens is 3. The molecule has 0 bridgehead atoms. The zero-order valence-corrected chi connectivity index (χ0v) is 20.0. The molecule has 1 atom stereocenters. The van der Waals surface area contributed by atoms with E-state index in [1.54, 1.807) is 18.3 Å². The molecule has 1 N–H and O–H groups in total. The molecule has 0 radical (unpaired) electrons. The van der Waals surface area contributed by atoms with Crippen molar-refractivity contribution in [2.45, 2.75) is 63.5 Å². The normalized spacial score (nSPS) is 17.7. The van der Waals surface area contributed by atoms with E-state index in [1.165, 1.54) is 30.0 Å². The fraction of sp³-hybridized carbons (Fsp3) is 0.280. The van der Waals surface area contributed by atoms with Gasteiger partial charge in [0.05, 0.1) is 15.8 Å². The lowest BCUT2D eigenvalue weighted by atomic mass is 10.1. The molecule has 2 aliphatic rings. The molecular formula is C25H21F3N2O3S2. The Kier molecular flexibility index (Phi) is 6.13. The van der Waals surface area contributed by atoms with Crippen LogP contribution in [0.5, 0.6) is 0 Å². The van der Waals surface area contributed by atoms with Crippen molar-refractivity contribution in [3.63, 3.8) is 0 Å². The molecule has 2 aromatic carbocycles. The van der Waals surface area contributed by atoms with E-state index < -0.39 is 28.0 Å². The molecule has 1 fully saturated rings. The van der Waals surface area contributed by atoms with Crippen LogP contribution in [-0.2, 0) is 21.1 Å². The van der Waals surface area contributed by atoms with Crippen LogP contribution >= 0.6 is 11.8 Å². The minimum Gasteiger partial charge on any atom is -0.341 e. The number of carbonyl (C=O) groups excluding carboxylic acids is 1. The Labute approximate surface area is 205 Å². The highest BCUT2D eigenvalue weighted by molar-refractivity contribution is 8.00. The number of rotatable bonds is 6. The lowest BCUT2D eigenvalue weighted by Gasteiger charge is -2.16. The topological polar surface area (TPSA) is 76.1 Å². The third-order valence-corrected chi connectivity index (χ3v) is 9.17. The van der Waals surface area contributed by atoms with E-state index in [1.807, 2.05) is 29.6 Å². The van der Waals surface area contributed by atoms with Crippen LogP contribution in [0.1, 0.15) is 47.9 Å². The average Bonchev–Trinajstić information content (AvgIpc) is 3.60. The average molecular weight is 519 g/mol. The molecule has 35 heavy (non-hydrogen) atoms. The van der Waals surface area contributed by atoms with Crippen LogP contribution in [0.25, 0.3) is 0 Å². The first kappa shape index (κ1) is 23.9. The highest BCUT2D eigenvalue weighted by Crippen LogP contribution is 2.44. The smallest absolute Gasteiger partial charge is 0.341 e. The van der Waals surface area contributed by atoms with E-state index in [4.69, 9.17) is 0 Å². The van der Waals surface area contributed by atoms with E-state index >= 15 is 0 Å². The molecule has 5 rings (SSSR count). The number of aryl methyl sites for hydroxylation is 1. The third-order valence-electron chi connectivity index (χ3n) is 6.22. The van der Waals surface area contributed by atoms with Gasteiger partial charge in [-0.2, -0.15) is 13.2 Å². The van der Waals surface area contributed by atoms with Crippen LogP contribution in [-0.4, -0.2) is 25.5 Å². The number of aromatic nitrogens is 1. The second-order valence-corrected chi connectivity index (χ2v) is 11.7. The lowest BCUT2D eigenvalue weighted by Crippen LogP contribution is -2.38. The molecule has 1 unspecified atom stereocenters. The number of pyridine rings is 1. The molecule has 0 spiro atoms. The van der Waals surface area contributed by atoms with Crippen molar-refractivity contribution in [2.24, 2.45) is 0 Å². The van der Waals surface area contributed by atoms with Gasteiger partial charge in [-0.15, -0.1) is 0 Å². The predicted octanol–water partition coefficient (Wildman–Crippen LogP) is 5.61. The Balaban J connectivity index is 1.48. The van der Waals surface area contributed by atoms with Gasteiger partial charge in [0.15, 0.2) is 0 Å². The van der Waals surface area contributed by atoms with Crippen molar-refractivity contribution in [1.82, 2.24) is 10.3 Å². The van der Waals surface area contributed by atoms with Crippen LogP contribution in [0, 0.1) is 0 Å². The number of hydrogen-bond donors (Lipinski definition) is 1. The highest BCUT2D eigenvalue weighted by Gasteiger charge is 2.41. The van der Waals surface area contributed by atoms with Crippen molar-refractivity contribution < 1.29 is 26.4 Å². The summed E-state index contributed by atoms with van der Waals surface area (Å²) in [4.78, 5) is 16.5.